The number of hydrogen-bond donors (Lipinski definition) is 2. The lowest BCUT2D eigenvalue weighted by Crippen LogP contribution is -2.25. The third-order valence-corrected chi connectivity index (χ3v) is 2.99. The number of anilines is 1. The average molecular weight is 340 g/mol. The number of nitrogens with zero attached hydrogens (tertiary/aromatic N) is 2. The van der Waals surface area contributed by atoms with Crippen molar-refractivity contribution in [2.75, 3.05) is 12.3 Å². The first-order valence-corrected chi connectivity index (χ1v) is 6.91. The predicted molar refractivity (Wildman–Crippen MR) is 80.3 cm³/mol. The third kappa shape index (κ3) is 4.83. The van der Waals surface area contributed by atoms with Gasteiger partial charge in [-0.15, -0.1) is 0 Å². The summed E-state index contributed by atoms with van der Waals surface area (Å²) in [5.74, 6) is -0.0297. The molecule has 0 unspecified atom stereocenters. The molecule has 0 radical (unpaired) electrons. The van der Waals surface area contributed by atoms with Crippen molar-refractivity contribution in [2.45, 2.75) is 19.6 Å². The molecule has 3 N–H and O–H groups in total. The molecule has 0 atom stereocenters. The molecule has 0 aliphatic heterocycles. The van der Waals surface area contributed by atoms with Gasteiger partial charge in [0.25, 0.3) is 5.91 Å². The maximum atomic E-state index is 12.3. The Morgan fingerprint density at radius 3 is 2.71 bits per heavy atom. The maximum absolute atomic E-state index is 12.3. The first kappa shape index (κ1) is 17.5. The summed E-state index contributed by atoms with van der Waals surface area (Å²) in [4.78, 5) is 19.9. The highest BCUT2D eigenvalue weighted by Gasteiger charge is 2.28. The van der Waals surface area contributed by atoms with Gasteiger partial charge in [0.05, 0.1) is 5.56 Å². The molecule has 1 amide bonds. The van der Waals surface area contributed by atoms with E-state index in [9.17, 15) is 18.0 Å². The Bertz CT molecular complexity index is 735. The molecule has 0 bridgehead atoms. The second-order valence-corrected chi connectivity index (χ2v) is 4.91. The number of nitrogen functional groups attached to an aromatic ring is 1. The van der Waals surface area contributed by atoms with Crippen LogP contribution in [0.25, 0.3) is 0 Å². The van der Waals surface area contributed by atoms with Gasteiger partial charge >= 0.3 is 6.18 Å². The Kier molecular flexibility index (Phi) is 5.22. The summed E-state index contributed by atoms with van der Waals surface area (Å²) in [5, 5.41) is 2.55. The van der Waals surface area contributed by atoms with Crippen molar-refractivity contribution in [3.63, 3.8) is 0 Å². The van der Waals surface area contributed by atoms with E-state index in [1.807, 2.05) is 0 Å². The van der Waals surface area contributed by atoms with Crippen LogP contribution in [0.4, 0.5) is 19.0 Å². The SMILES string of the molecule is Cc1ncc(C(=O)NCc2ccccc2OCC(F)(F)F)c(N)n1. The number of alkyl halides is 3. The Labute approximate surface area is 135 Å². The van der Waals surface area contributed by atoms with E-state index in [4.69, 9.17) is 10.5 Å². The molecule has 9 heteroatoms. The van der Waals surface area contributed by atoms with E-state index in [1.54, 1.807) is 25.1 Å². The number of rotatable bonds is 5. The summed E-state index contributed by atoms with van der Waals surface area (Å²) in [7, 11) is 0. The van der Waals surface area contributed by atoms with Crippen LogP contribution in [0.1, 0.15) is 21.7 Å². The predicted octanol–water partition coefficient (Wildman–Crippen LogP) is 2.24. The van der Waals surface area contributed by atoms with Crippen molar-refractivity contribution in [2.24, 2.45) is 0 Å². The van der Waals surface area contributed by atoms with Crippen molar-refractivity contribution >= 4 is 11.7 Å². The Morgan fingerprint density at radius 1 is 1.33 bits per heavy atom. The van der Waals surface area contributed by atoms with Crippen molar-refractivity contribution in [3.05, 3.63) is 47.4 Å². The van der Waals surface area contributed by atoms with Gasteiger partial charge in [-0.1, -0.05) is 18.2 Å². The molecular formula is C15H15F3N4O2. The number of aromatic nitrogens is 2. The van der Waals surface area contributed by atoms with Gasteiger partial charge in [-0.2, -0.15) is 13.2 Å². The molecule has 128 valence electrons. The number of amides is 1. The van der Waals surface area contributed by atoms with Crippen molar-refractivity contribution in [1.29, 1.82) is 0 Å². The Hall–Kier alpha value is -2.84. The quantitative estimate of drug-likeness (QED) is 0.871. The summed E-state index contributed by atoms with van der Waals surface area (Å²) < 4.78 is 41.5. The molecule has 1 aromatic heterocycles. The summed E-state index contributed by atoms with van der Waals surface area (Å²) >= 11 is 0. The fourth-order valence-electron chi connectivity index (χ4n) is 1.88. The minimum absolute atomic E-state index is 0.0276. The monoisotopic (exact) mass is 340 g/mol. The van der Waals surface area contributed by atoms with E-state index >= 15 is 0 Å². The van der Waals surface area contributed by atoms with Gasteiger partial charge in [-0.3, -0.25) is 4.79 Å². The summed E-state index contributed by atoms with van der Waals surface area (Å²) in [6.45, 7) is 0.198. The lowest BCUT2D eigenvalue weighted by molar-refractivity contribution is -0.153. The molecule has 0 saturated carbocycles. The zero-order chi connectivity index (χ0) is 17.7. The fraction of sp³-hybridized carbons (Fsp3) is 0.267. The number of nitrogens with one attached hydrogen (secondary N) is 1. The van der Waals surface area contributed by atoms with Crippen LogP contribution in [0.2, 0.25) is 0 Å². The second-order valence-electron chi connectivity index (χ2n) is 4.91. The van der Waals surface area contributed by atoms with Crippen LogP contribution in [0.5, 0.6) is 5.75 Å². The molecule has 0 fully saturated rings. The molecule has 0 saturated heterocycles. The Morgan fingerprint density at radius 2 is 2.04 bits per heavy atom. The number of benzene rings is 1. The lowest BCUT2D eigenvalue weighted by atomic mass is 10.2. The number of para-hydroxylation sites is 1. The molecule has 0 aliphatic rings. The standard InChI is InChI=1S/C15H15F3N4O2/c1-9-20-7-11(13(19)22-9)14(23)21-6-10-4-2-3-5-12(10)24-8-15(16,17)18/h2-5,7H,6,8H2,1H3,(H,21,23)(H2,19,20,22). The van der Waals surface area contributed by atoms with Crippen LogP contribution < -0.4 is 15.8 Å². The van der Waals surface area contributed by atoms with E-state index in [0.29, 0.717) is 11.4 Å². The Balaban J connectivity index is 2.05. The van der Waals surface area contributed by atoms with Crippen LogP contribution in [0, 0.1) is 6.92 Å². The van der Waals surface area contributed by atoms with Crippen LogP contribution >= 0.6 is 0 Å². The minimum Gasteiger partial charge on any atom is -0.484 e. The highest BCUT2D eigenvalue weighted by molar-refractivity contribution is 5.97. The van der Waals surface area contributed by atoms with E-state index < -0.39 is 18.7 Å². The van der Waals surface area contributed by atoms with Crippen LogP contribution in [0.3, 0.4) is 0 Å². The molecule has 6 nitrogen and oxygen atoms in total. The summed E-state index contributed by atoms with van der Waals surface area (Å²) in [6.07, 6.45) is -3.15. The maximum Gasteiger partial charge on any atom is 0.422 e. The third-order valence-electron chi connectivity index (χ3n) is 2.99. The first-order chi connectivity index (χ1) is 11.3. The van der Waals surface area contributed by atoms with E-state index in [1.165, 1.54) is 12.3 Å². The van der Waals surface area contributed by atoms with E-state index in [-0.39, 0.29) is 23.7 Å². The van der Waals surface area contributed by atoms with Crippen LogP contribution in [-0.4, -0.2) is 28.7 Å². The average Bonchev–Trinajstić information content (AvgIpc) is 2.50. The molecule has 2 rings (SSSR count). The first-order valence-electron chi connectivity index (χ1n) is 6.91. The van der Waals surface area contributed by atoms with Gasteiger partial charge in [0.2, 0.25) is 0 Å². The highest BCUT2D eigenvalue weighted by atomic mass is 19.4. The van der Waals surface area contributed by atoms with Gasteiger partial charge in [-0.25, -0.2) is 9.97 Å². The number of nitrogens with two attached hydrogens (primary N) is 1. The van der Waals surface area contributed by atoms with E-state index in [2.05, 4.69) is 15.3 Å². The number of hydrogen-bond acceptors (Lipinski definition) is 5. The normalized spacial score (nSPS) is 11.2. The van der Waals surface area contributed by atoms with Crippen LogP contribution in [-0.2, 0) is 6.54 Å². The molecule has 2 aromatic rings. The van der Waals surface area contributed by atoms with Gasteiger partial charge in [-0.05, 0) is 13.0 Å². The number of ether oxygens (including phenoxy) is 1. The number of carbonyl (C=O) groups is 1. The molecule has 24 heavy (non-hydrogen) atoms. The molecular weight excluding hydrogens is 325 g/mol. The summed E-state index contributed by atoms with van der Waals surface area (Å²) in [6, 6.07) is 6.13. The topological polar surface area (TPSA) is 90.1 Å². The van der Waals surface area contributed by atoms with Gasteiger partial charge in [0.15, 0.2) is 6.61 Å². The fourth-order valence-corrected chi connectivity index (χ4v) is 1.88. The zero-order valence-electron chi connectivity index (χ0n) is 12.7. The van der Waals surface area contributed by atoms with Gasteiger partial charge in [0.1, 0.15) is 17.4 Å². The minimum atomic E-state index is -4.44. The second kappa shape index (κ2) is 7.16. The number of aryl methyl sites for hydroxylation is 1. The van der Waals surface area contributed by atoms with Crippen LogP contribution in [0.15, 0.2) is 30.5 Å². The lowest BCUT2D eigenvalue weighted by Gasteiger charge is -2.13. The largest absolute Gasteiger partial charge is 0.484 e. The van der Waals surface area contributed by atoms with Gasteiger partial charge in [0, 0.05) is 18.3 Å². The molecule has 0 spiro atoms. The van der Waals surface area contributed by atoms with E-state index in [0.717, 1.165) is 0 Å². The van der Waals surface area contributed by atoms with Gasteiger partial charge < -0.3 is 15.8 Å². The molecule has 1 aromatic carbocycles. The number of halogens is 3. The zero-order valence-corrected chi connectivity index (χ0v) is 12.7. The molecule has 0 aliphatic carbocycles. The van der Waals surface area contributed by atoms with Crippen molar-refractivity contribution in [3.8, 4) is 5.75 Å². The smallest absolute Gasteiger partial charge is 0.422 e. The molecule has 1 heterocycles. The van der Waals surface area contributed by atoms with Crippen molar-refractivity contribution < 1.29 is 22.7 Å². The highest BCUT2D eigenvalue weighted by Crippen LogP contribution is 2.22. The summed E-state index contributed by atoms with van der Waals surface area (Å²) in [5.41, 5.74) is 6.15. The van der Waals surface area contributed by atoms with Crippen molar-refractivity contribution in [1.82, 2.24) is 15.3 Å². The number of carbonyl (C=O) groups excluding carboxylic acids is 1.